The Morgan fingerprint density at radius 3 is 2.24 bits per heavy atom. The average molecular weight is 511 g/mol. The molecule has 1 amide bonds. The minimum atomic E-state index is -4.00. The Kier molecular flexibility index (Phi) is 7.63. The molecule has 0 unspecified atom stereocenters. The van der Waals surface area contributed by atoms with Gasteiger partial charge in [0.15, 0.2) is 11.5 Å². The summed E-state index contributed by atoms with van der Waals surface area (Å²) in [6, 6.07) is 11.9. The van der Waals surface area contributed by atoms with Crippen LogP contribution >= 0.6 is 11.6 Å². The Balaban J connectivity index is 2.15. The fourth-order valence-corrected chi connectivity index (χ4v) is 4.25. The van der Waals surface area contributed by atoms with Gasteiger partial charge in [-0.05, 0) is 30.3 Å². The van der Waals surface area contributed by atoms with Gasteiger partial charge in [-0.2, -0.15) is 0 Å². The Morgan fingerprint density at radius 1 is 1.00 bits per heavy atom. The van der Waals surface area contributed by atoms with Gasteiger partial charge in [0.2, 0.25) is 10.0 Å². The van der Waals surface area contributed by atoms with Gasteiger partial charge in [0, 0.05) is 17.3 Å². The summed E-state index contributed by atoms with van der Waals surface area (Å²) in [7, 11) is -1.29. The van der Waals surface area contributed by atoms with Gasteiger partial charge in [0.1, 0.15) is 11.6 Å². The highest BCUT2D eigenvalue weighted by molar-refractivity contribution is 7.92. The molecule has 0 fully saturated rings. The summed E-state index contributed by atoms with van der Waals surface area (Å²) in [4.78, 5) is 13.2. The molecule has 3 aromatic carbocycles. The Labute approximate surface area is 200 Å². The Hall–Kier alpha value is -3.37. The molecule has 0 saturated heterocycles. The molecule has 0 atom stereocenters. The minimum Gasteiger partial charge on any atom is -0.493 e. The van der Waals surface area contributed by atoms with Crippen molar-refractivity contribution in [3.63, 3.8) is 0 Å². The van der Waals surface area contributed by atoms with Gasteiger partial charge in [0.25, 0.3) is 5.91 Å². The van der Waals surface area contributed by atoms with Crippen LogP contribution in [0.1, 0.15) is 15.9 Å². The maximum absolute atomic E-state index is 14.3. The van der Waals surface area contributed by atoms with Crippen molar-refractivity contribution in [2.75, 3.05) is 30.1 Å². The lowest BCUT2D eigenvalue weighted by Crippen LogP contribution is -2.32. The zero-order valence-corrected chi connectivity index (χ0v) is 20.0. The number of nitrogens with zero attached hydrogens (tertiary/aromatic N) is 1. The van der Waals surface area contributed by atoms with Crippen molar-refractivity contribution in [3.05, 3.63) is 82.4 Å². The van der Waals surface area contributed by atoms with Gasteiger partial charge < -0.3 is 14.8 Å². The van der Waals surface area contributed by atoms with Crippen LogP contribution in [0.15, 0.2) is 54.6 Å². The molecule has 0 saturated carbocycles. The molecule has 0 radical (unpaired) electrons. The lowest BCUT2D eigenvalue weighted by molar-refractivity contribution is 0.102. The summed E-state index contributed by atoms with van der Waals surface area (Å²) in [6.45, 7) is -0.385. The van der Waals surface area contributed by atoms with Crippen molar-refractivity contribution in [1.82, 2.24) is 0 Å². The molecule has 1 N–H and O–H groups in total. The third-order valence-corrected chi connectivity index (χ3v) is 6.28. The Morgan fingerprint density at radius 2 is 1.65 bits per heavy atom. The van der Waals surface area contributed by atoms with E-state index in [2.05, 4.69) is 5.32 Å². The predicted octanol–water partition coefficient (Wildman–Crippen LogP) is 4.85. The first kappa shape index (κ1) is 25.3. The van der Waals surface area contributed by atoms with Crippen molar-refractivity contribution in [2.45, 2.75) is 6.54 Å². The molecule has 0 bridgehead atoms. The molecule has 7 nitrogen and oxygen atoms in total. The molecule has 0 aromatic heterocycles. The van der Waals surface area contributed by atoms with E-state index >= 15 is 0 Å². The summed E-state index contributed by atoms with van der Waals surface area (Å²) in [5, 5.41) is 2.35. The van der Waals surface area contributed by atoms with Crippen LogP contribution in [-0.2, 0) is 16.6 Å². The highest BCUT2D eigenvalue weighted by Gasteiger charge is 2.27. The van der Waals surface area contributed by atoms with Gasteiger partial charge >= 0.3 is 0 Å². The van der Waals surface area contributed by atoms with Gasteiger partial charge in [-0.15, -0.1) is 0 Å². The number of anilines is 2. The molecule has 3 rings (SSSR count). The summed E-state index contributed by atoms with van der Waals surface area (Å²) in [5.74, 6) is -1.70. The topological polar surface area (TPSA) is 84.9 Å². The molecule has 0 aliphatic heterocycles. The summed E-state index contributed by atoms with van der Waals surface area (Å²) in [5.41, 5.74) is 0.0884. The van der Waals surface area contributed by atoms with E-state index in [0.717, 1.165) is 16.6 Å². The smallest absolute Gasteiger partial charge is 0.257 e. The van der Waals surface area contributed by atoms with Crippen LogP contribution in [-0.4, -0.2) is 34.8 Å². The standard InChI is InChI=1S/C23H21ClF2N2O5S/c1-32-21-11-16(23(29)27-15-8-9-19(26)17(24)10-15)20(12-22(21)33-2)28(34(3,30)31)13-14-6-4-5-7-18(14)25/h4-12H,13H2,1-3H3,(H,27,29). The van der Waals surface area contributed by atoms with Crippen LogP contribution in [0.3, 0.4) is 0 Å². The first-order valence-corrected chi connectivity index (χ1v) is 12.0. The number of nitrogens with one attached hydrogen (secondary N) is 1. The molecule has 11 heteroatoms. The normalized spacial score (nSPS) is 11.1. The van der Waals surface area contributed by atoms with E-state index in [-0.39, 0.29) is 45.6 Å². The number of sulfonamides is 1. The maximum Gasteiger partial charge on any atom is 0.257 e. The van der Waals surface area contributed by atoms with Crippen molar-refractivity contribution in [2.24, 2.45) is 0 Å². The van der Waals surface area contributed by atoms with E-state index in [1.54, 1.807) is 6.07 Å². The number of carbonyl (C=O) groups excluding carboxylic acids is 1. The van der Waals surface area contributed by atoms with Crippen molar-refractivity contribution < 1.29 is 31.5 Å². The second kappa shape index (κ2) is 10.3. The zero-order valence-electron chi connectivity index (χ0n) is 18.4. The highest BCUT2D eigenvalue weighted by atomic mass is 35.5. The third kappa shape index (κ3) is 5.57. The number of hydrogen-bond acceptors (Lipinski definition) is 5. The molecule has 0 aliphatic carbocycles. The summed E-state index contributed by atoms with van der Waals surface area (Å²) < 4.78 is 64.8. The molecule has 0 heterocycles. The fourth-order valence-electron chi connectivity index (χ4n) is 3.19. The number of benzene rings is 3. The first-order chi connectivity index (χ1) is 16.0. The summed E-state index contributed by atoms with van der Waals surface area (Å²) in [6.07, 6.45) is 0.936. The van der Waals surface area contributed by atoms with Crippen LogP contribution in [0.4, 0.5) is 20.2 Å². The van der Waals surface area contributed by atoms with E-state index in [1.165, 1.54) is 56.7 Å². The molecule has 0 spiro atoms. The largest absolute Gasteiger partial charge is 0.493 e. The van der Waals surface area contributed by atoms with Crippen LogP contribution < -0.4 is 19.1 Å². The third-order valence-electron chi connectivity index (χ3n) is 4.86. The van der Waals surface area contributed by atoms with Crippen LogP contribution in [0.25, 0.3) is 0 Å². The van der Waals surface area contributed by atoms with Gasteiger partial charge in [-0.3, -0.25) is 9.10 Å². The molecular formula is C23H21ClF2N2O5S. The monoisotopic (exact) mass is 510 g/mol. The number of rotatable bonds is 8. The lowest BCUT2D eigenvalue weighted by Gasteiger charge is -2.26. The minimum absolute atomic E-state index is 0.0749. The van der Waals surface area contributed by atoms with E-state index in [4.69, 9.17) is 21.1 Å². The lowest BCUT2D eigenvalue weighted by atomic mass is 10.1. The van der Waals surface area contributed by atoms with Crippen molar-refractivity contribution in [3.8, 4) is 11.5 Å². The number of carbonyl (C=O) groups is 1. The number of hydrogen-bond donors (Lipinski definition) is 1. The number of amides is 1. The van der Waals surface area contributed by atoms with Crippen LogP contribution in [0, 0.1) is 11.6 Å². The molecule has 3 aromatic rings. The number of ether oxygens (including phenoxy) is 2. The van der Waals surface area contributed by atoms with E-state index in [0.29, 0.717) is 0 Å². The van der Waals surface area contributed by atoms with E-state index in [9.17, 15) is 22.0 Å². The first-order valence-electron chi connectivity index (χ1n) is 9.78. The quantitative estimate of drug-likeness (QED) is 0.468. The zero-order chi connectivity index (χ0) is 25.0. The van der Waals surface area contributed by atoms with E-state index in [1.807, 2.05) is 0 Å². The summed E-state index contributed by atoms with van der Waals surface area (Å²) >= 11 is 5.79. The van der Waals surface area contributed by atoms with Gasteiger partial charge in [-0.25, -0.2) is 17.2 Å². The average Bonchev–Trinajstić information content (AvgIpc) is 2.79. The van der Waals surface area contributed by atoms with Crippen molar-refractivity contribution >= 4 is 38.9 Å². The van der Waals surface area contributed by atoms with Crippen LogP contribution in [0.2, 0.25) is 5.02 Å². The second-order valence-corrected chi connectivity index (χ2v) is 9.48. The number of methoxy groups -OCH3 is 2. The van der Waals surface area contributed by atoms with Crippen molar-refractivity contribution in [1.29, 1.82) is 0 Å². The molecule has 0 aliphatic rings. The molecular weight excluding hydrogens is 490 g/mol. The van der Waals surface area contributed by atoms with E-state index < -0.39 is 27.6 Å². The van der Waals surface area contributed by atoms with Crippen LogP contribution in [0.5, 0.6) is 11.5 Å². The highest BCUT2D eigenvalue weighted by Crippen LogP contribution is 2.37. The Bertz CT molecular complexity index is 1330. The number of halogens is 3. The fraction of sp³-hybridized carbons (Fsp3) is 0.174. The van der Waals surface area contributed by atoms with Gasteiger partial charge in [0.05, 0.1) is 43.3 Å². The second-order valence-electron chi connectivity index (χ2n) is 7.17. The maximum atomic E-state index is 14.3. The van der Waals surface area contributed by atoms with Gasteiger partial charge in [-0.1, -0.05) is 29.8 Å². The molecule has 34 heavy (non-hydrogen) atoms. The molecule has 180 valence electrons. The predicted molar refractivity (Wildman–Crippen MR) is 126 cm³/mol. The SMILES string of the molecule is COc1cc(C(=O)Nc2ccc(F)c(Cl)c2)c(N(Cc2ccccc2F)S(C)(=O)=O)cc1OC.